The van der Waals surface area contributed by atoms with Crippen LogP contribution in [0.5, 0.6) is 0 Å². The van der Waals surface area contributed by atoms with Crippen molar-refractivity contribution in [3.8, 4) is 0 Å². The summed E-state index contributed by atoms with van der Waals surface area (Å²) in [6.07, 6.45) is 6.43. The van der Waals surface area contributed by atoms with E-state index < -0.39 is 0 Å². The Labute approximate surface area is 111 Å². The summed E-state index contributed by atoms with van der Waals surface area (Å²) in [5.41, 5.74) is 0. The average Bonchev–Trinajstić information content (AvgIpc) is 2.82. The fourth-order valence-electron chi connectivity index (χ4n) is 2.65. The summed E-state index contributed by atoms with van der Waals surface area (Å²) in [6.45, 7) is 7.86. The van der Waals surface area contributed by atoms with Crippen molar-refractivity contribution >= 4 is 11.8 Å². The summed E-state index contributed by atoms with van der Waals surface area (Å²) >= 11 is 1.91. The monoisotopic (exact) mass is 259 g/mol. The Hall–Kier alpha value is 0.270. The molecule has 1 saturated carbocycles. The lowest BCUT2D eigenvalue weighted by Crippen LogP contribution is -2.26. The molecule has 0 radical (unpaired) electrons. The van der Waals surface area contributed by atoms with Crippen LogP contribution in [0.25, 0.3) is 0 Å². The highest BCUT2D eigenvalue weighted by molar-refractivity contribution is 7.99. The fourth-order valence-corrected chi connectivity index (χ4v) is 3.61. The molecule has 0 aromatic heterocycles. The third-order valence-electron chi connectivity index (χ3n) is 3.84. The third-order valence-corrected chi connectivity index (χ3v) is 4.93. The lowest BCUT2D eigenvalue weighted by atomic mass is 10.0. The predicted molar refractivity (Wildman–Crippen MR) is 77.7 cm³/mol. The summed E-state index contributed by atoms with van der Waals surface area (Å²) in [4.78, 5) is 2.44. The molecule has 3 heteroatoms. The number of hydrogen-bond donors (Lipinski definition) is 1. The van der Waals surface area contributed by atoms with Gasteiger partial charge in [0.15, 0.2) is 0 Å². The van der Waals surface area contributed by atoms with E-state index >= 15 is 0 Å². The highest BCUT2D eigenvalue weighted by Crippen LogP contribution is 2.29. The van der Waals surface area contributed by atoms with E-state index in [1.165, 1.54) is 25.7 Å². The van der Waals surface area contributed by atoms with Crippen molar-refractivity contribution < 1.29 is 5.11 Å². The van der Waals surface area contributed by atoms with E-state index in [0.717, 1.165) is 43.5 Å². The van der Waals surface area contributed by atoms with Crippen molar-refractivity contribution in [2.75, 3.05) is 31.1 Å². The first kappa shape index (κ1) is 15.3. The van der Waals surface area contributed by atoms with E-state index in [1.54, 1.807) is 0 Å². The molecule has 1 fully saturated rings. The summed E-state index contributed by atoms with van der Waals surface area (Å²) in [5.74, 6) is 2.90. The second-order valence-corrected chi connectivity index (χ2v) is 6.29. The Morgan fingerprint density at radius 3 is 2.47 bits per heavy atom. The molecular formula is C14H29NOS. The molecule has 0 aromatic rings. The summed E-state index contributed by atoms with van der Waals surface area (Å²) < 4.78 is 0. The van der Waals surface area contributed by atoms with Crippen molar-refractivity contribution in [3.05, 3.63) is 0 Å². The topological polar surface area (TPSA) is 23.5 Å². The normalized spacial score (nSPS) is 19.1. The Bertz CT molecular complexity index is 179. The maximum Gasteiger partial charge on any atom is 0.0633 e. The molecule has 0 saturated heterocycles. The van der Waals surface area contributed by atoms with Gasteiger partial charge in [0, 0.05) is 18.1 Å². The number of aliphatic hydroxyl groups excluding tert-OH is 1. The summed E-state index contributed by atoms with van der Waals surface area (Å²) in [7, 11) is 0. The zero-order valence-electron chi connectivity index (χ0n) is 11.5. The largest absolute Gasteiger partial charge is 0.392 e. The highest BCUT2D eigenvalue weighted by Gasteiger charge is 2.18. The minimum atomic E-state index is -0.0696. The first-order chi connectivity index (χ1) is 8.26. The molecule has 1 unspecified atom stereocenters. The smallest absolute Gasteiger partial charge is 0.0633 e. The van der Waals surface area contributed by atoms with Crippen LogP contribution in [0.15, 0.2) is 0 Å². The number of aliphatic hydroxyl groups is 1. The van der Waals surface area contributed by atoms with Gasteiger partial charge < -0.3 is 10.0 Å². The van der Waals surface area contributed by atoms with Gasteiger partial charge in [0.25, 0.3) is 0 Å². The second-order valence-electron chi connectivity index (χ2n) is 5.14. The standard InChI is InChI=1S/C14H29NOS/c1-3-15(4-2)9-10-17-12-14(16)11-13-7-5-6-8-13/h13-14,16H,3-12H2,1-2H3. The van der Waals surface area contributed by atoms with Crippen LogP contribution in [0.1, 0.15) is 46.0 Å². The predicted octanol–water partition coefficient (Wildman–Crippen LogP) is 3.00. The van der Waals surface area contributed by atoms with Crippen LogP contribution >= 0.6 is 11.8 Å². The molecule has 2 nitrogen and oxygen atoms in total. The summed E-state index contributed by atoms with van der Waals surface area (Å²) in [6, 6.07) is 0. The van der Waals surface area contributed by atoms with Gasteiger partial charge in [-0.3, -0.25) is 0 Å². The molecule has 0 heterocycles. The van der Waals surface area contributed by atoms with Gasteiger partial charge >= 0.3 is 0 Å². The average molecular weight is 259 g/mol. The maximum absolute atomic E-state index is 9.95. The second kappa shape index (κ2) is 9.23. The van der Waals surface area contributed by atoms with Crippen molar-refractivity contribution in [1.29, 1.82) is 0 Å². The van der Waals surface area contributed by atoms with Crippen LogP contribution in [-0.2, 0) is 0 Å². The molecule has 0 amide bonds. The molecule has 1 N–H and O–H groups in total. The molecular weight excluding hydrogens is 230 g/mol. The molecule has 17 heavy (non-hydrogen) atoms. The first-order valence-electron chi connectivity index (χ1n) is 7.24. The molecule has 102 valence electrons. The van der Waals surface area contributed by atoms with Crippen LogP contribution in [0.3, 0.4) is 0 Å². The van der Waals surface area contributed by atoms with Crippen LogP contribution in [0.2, 0.25) is 0 Å². The SMILES string of the molecule is CCN(CC)CCSCC(O)CC1CCCC1. The summed E-state index contributed by atoms with van der Waals surface area (Å²) in [5, 5.41) is 9.95. The van der Waals surface area contributed by atoms with E-state index in [2.05, 4.69) is 18.7 Å². The molecule has 0 aromatic carbocycles. The van der Waals surface area contributed by atoms with E-state index in [4.69, 9.17) is 0 Å². The molecule has 0 bridgehead atoms. The first-order valence-corrected chi connectivity index (χ1v) is 8.39. The van der Waals surface area contributed by atoms with Crippen LogP contribution in [0.4, 0.5) is 0 Å². The molecule has 0 spiro atoms. The Kier molecular flexibility index (Phi) is 8.33. The van der Waals surface area contributed by atoms with Crippen molar-refractivity contribution in [1.82, 2.24) is 4.90 Å². The highest BCUT2D eigenvalue weighted by atomic mass is 32.2. The van der Waals surface area contributed by atoms with Gasteiger partial charge in [-0.2, -0.15) is 11.8 Å². The van der Waals surface area contributed by atoms with Gasteiger partial charge in [0.1, 0.15) is 0 Å². The van der Waals surface area contributed by atoms with Gasteiger partial charge in [0.2, 0.25) is 0 Å². The fraction of sp³-hybridized carbons (Fsp3) is 1.00. The van der Waals surface area contributed by atoms with Gasteiger partial charge in [-0.05, 0) is 25.4 Å². The van der Waals surface area contributed by atoms with Crippen LogP contribution in [0, 0.1) is 5.92 Å². The lowest BCUT2D eigenvalue weighted by molar-refractivity contribution is 0.165. The van der Waals surface area contributed by atoms with Gasteiger partial charge in [0.05, 0.1) is 6.10 Å². The molecule has 0 aliphatic heterocycles. The number of hydrogen-bond acceptors (Lipinski definition) is 3. The Balaban J connectivity index is 1.97. The minimum Gasteiger partial charge on any atom is -0.392 e. The van der Waals surface area contributed by atoms with Crippen molar-refractivity contribution in [2.45, 2.75) is 52.1 Å². The van der Waals surface area contributed by atoms with Crippen LogP contribution < -0.4 is 0 Å². The van der Waals surface area contributed by atoms with Gasteiger partial charge in [-0.15, -0.1) is 0 Å². The zero-order chi connectivity index (χ0) is 12.5. The Morgan fingerprint density at radius 1 is 1.24 bits per heavy atom. The maximum atomic E-state index is 9.95. The molecule has 1 rings (SSSR count). The Morgan fingerprint density at radius 2 is 1.88 bits per heavy atom. The number of thioether (sulfide) groups is 1. The van der Waals surface area contributed by atoms with Crippen LogP contribution in [-0.4, -0.2) is 47.3 Å². The third kappa shape index (κ3) is 6.68. The van der Waals surface area contributed by atoms with E-state index in [1.807, 2.05) is 11.8 Å². The molecule has 1 aliphatic carbocycles. The molecule has 1 aliphatic rings. The van der Waals surface area contributed by atoms with Crippen molar-refractivity contribution in [2.24, 2.45) is 5.92 Å². The van der Waals surface area contributed by atoms with Gasteiger partial charge in [-0.1, -0.05) is 39.5 Å². The lowest BCUT2D eigenvalue weighted by Gasteiger charge is -2.18. The van der Waals surface area contributed by atoms with Crippen molar-refractivity contribution in [3.63, 3.8) is 0 Å². The van der Waals surface area contributed by atoms with E-state index in [-0.39, 0.29) is 6.10 Å². The van der Waals surface area contributed by atoms with Gasteiger partial charge in [-0.25, -0.2) is 0 Å². The van der Waals surface area contributed by atoms with E-state index in [0.29, 0.717) is 0 Å². The molecule has 1 atom stereocenters. The quantitative estimate of drug-likeness (QED) is 0.644. The van der Waals surface area contributed by atoms with E-state index in [9.17, 15) is 5.11 Å². The number of rotatable bonds is 9. The minimum absolute atomic E-state index is 0.0696. The zero-order valence-corrected chi connectivity index (χ0v) is 12.3. The number of nitrogens with zero attached hydrogens (tertiary/aromatic N) is 1.